The maximum absolute atomic E-state index is 9.72. The maximum atomic E-state index is 9.72. The Morgan fingerprint density at radius 1 is 1.62 bits per heavy atom. The molecule has 0 bridgehead atoms. The van der Waals surface area contributed by atoms with E-state index in [2.05, 4.69) is 28.2 Å². The van der Waals surface area contributed by atoms with Gasteiger partial charge >= 0.3 is 0 Å². The van der Waals surface area contributed by atoms with Crippen LogP contribution in [0.1, 0.15) is 30.2 Å². The van der Waals surface area contributed by atoms with Gasteiger partial charge in [-0.2, -0.15) is 0 Å². The van der Waals surface area contributed by atoms with E-state index in [1.807, 2.05) is 6.92 Å². The van der Waals surface area contributed by atoms with E-state index in [1.165, 1.54) is 14.9 Å². The van der Waals surface area contributed by atoms with Gasteiger partial charge in [0.05, 0.1) is 6.10 Å². The molecule has 0 aliphatic heterocycles. The fourth-order valence-electron chi connectivity index (χ4n) is 1.74. The number of aliphatic hydroxyl groups excluding tert-OH is 1. The summed E-state index contributed by atoms with van der Waals surface area (Å²) in [5, 5.41) is 11.9. The van der Waals surface area contributed by atoms with Gasteiger partial charge in [-0.25, -0.2) is 0 Å². The number of aliphatic hydroxyl groups is 1. The molecule has 1 nitrogen and oxygen atoms in total. The van der Waals surface area contributed by atoms with Gasteiger partial charge in [-0.1, -0.05) is 0 Å². The van der Waals surface area contributed by atoms with Crippen LogP contribution in [0, 0.1) is 6.92 Å². The SMILES string of the molecule is Cc1csc(C2(C(C)O)CC2)c1Br. The molecule has 1 fully saturated rings. The Bertz CT molecular complexity index is 326. The van der Waals surface area contributed by atoms with E-state index >= 15 is 0 Å². The van der Waals surface area contributed by atoms with E-state index in [1.54, 1.807) is 11.3 Å². The van der Waals surface area contributed by atoms with Crippen molar-refractivity contribution in [2.75, 3.05) is 0 Å². The molecule has 1 saturated carbocycles. The van der Waals surface area contributed by atoms with Crippen molar-refractivity contribution in [3.63, 3.8) is 0 Å². The summed E-state index contributed by atoms with van der Waals surface area (Å²) in [7, 11) is 0. The highest BCUT2D eigenvalue weighted by atomic mass is 79.9. The highest BCUT2D eigenvalue weighted by Gasteiger charge is 2.50. The molecule has 1 aliphatic rings. The highest BCUT2D eigenvalue weighted by molar-refractivity contribution is 9.10. The number of halogens is 1. The quantitative estimate of drug-likeness (QED) is 0.866. The number of rotatable bonds is 2. The number of hydrogen-bond donors (Lipinski definition) is 1. The van der Waals surface area contributed by atoms with Crippen LogP contribution in [0.2, 0.25) is 0 Å². The molecule has 0 spiro atoms. The lowest BCUT2D eigenvalue weighted by molar-refractivity contribution is 0.152. The van der Waals surface area contributed by atoms with Crippen LogP contribution in [0.15, 0.2) is 9.85 Å². The summed E-state index contributed by atoms with van der Waals surface area (Å²) >= 11 is 5.36. The van der Waals surface area contributed by atoms with E-state index in [-0.39, 0.29) is 11.5 Å². The molecular weight excluding hydrogens is 248 g/mol. The predicted molar refractivity (Wildman–Crippen MR) is 59.3 cm³/mol. The summed E-state index contributed by atoms with van der Waals surface area (Å²) < 4.78 is 1.20. The molecule has 1 atom stereocenters. The summed E-state index contributed by atoms with van der Waals surface area (Å²) in [6, 6.07) is 0. The van der Waals surface area contributed by atoms with E-state index in [0.717, 1.165) is 12.8 Å². The van der Waals surface area contributed by atoms with Crippen LogP contribution in [0.25, 0.3) is 0 Å². The van der Waals surface area contributed by atoms with Crippen LogP contribution in [-0.2, 0) is 5.41 Å². The lowest BCUT2D eigenvalue weighted by Crippen LogP contribution is -2.21. The van der Waals surface area contributed by atoms with Crippen molar-refractivity contribution in [2.24, 2.45) is 0 Å². The van der Waals surface area contributed by atoms with Gasteiger partial charge in [0.25, 0.3) is 0 Å². The van der Waals surface area contributed by atoms with Crippen LogP contribution in [0.5, 0.6) is 0 Å². The monoisotopic (exact) mass is 260 g/mol. The molecule has 1 heterocycles. The van der Waals surface area contributed by atoms with Crippen LogP contribution in [-0.4, -0.2) is 11.2 Å². The zero-order chi connectivity index (χ0) is 9.64. The van der Waals surface area contributed by atoms with Crippen LogP contribution >= 0.6 is 27.3 Å². The van der Waals surface area contributed by atoms with Crippen molar-refractivity contribution in [1.29, 1.82) is 0 Å². The largest absolute Gasteiger partial charge is 0.392 e. The van der Waals surface area contributed by atoms with Crippen molar-refractivity contribution in [1.82, 2.24) is 0 Å². The standard InChI is InChI=1S/C10H13BrOS/c1-6-5-13-9(8(6)11)10(3-4-10)7(2)12/h5,7,12H,3-4H2,1-2H3. The summed E-state index contributed by atoms with van der Waals surface area (Å²) in [6.45, 7) is 4.00. The minimum absolute atomic E-state index is 0.0811. The van der Waals surface area contributed by atoms with E-state index in [4.69, 9.17) is 0 Å². The van der Waals surface area contributed by atoms with Crippen molar-refractivity contribution < 1.29 is 5.11 Å². The van der Waals surface area contributed by atoms with Crippen LogP contribution in [0.4, 0.5) is 0 Å². The van der Waals surface area contributed by atoms with E-state index in [9.17, 15) is 5.11 Å². The van der Waals surface area contributed by atoms with Crippen LogP contribution < -0.4 is 0 Å². The normalized spacial score (nSPS) is 21.5. The molecule has 0 saturated heterocycles. The van der Waals surface area contributed by atoms with E-state index in [0.29, 0.717) is 0 Å². The molecule has 13 heavy (non-hydrogen) atoms. The lowest BCUT2D eigenvalue weighted by atomic mass is 9.98. The molecule has 0 amide bonds. The maximum Gasteiger partial charge on any atom is 0.0617 e. The molecule has 2 rings (SSSR count). The van der Waals surface area contributed by atoms with Crippen molar-refractivity contribution in [3.05, 3.63) is 20.3 Å². The molecule has 1 aliphatic carbocycles. The Balaban J connectivity index is 2.41. The Hall–Kier alpha value is 0.140. The number of hydrogen-bond acceptors (Lipinski definition) is 2. The minimum Gasteiger partial charge on any atom is -0.392 e. The first-order valence-corrected chi connectivity index (χ1v) is 6.17. The van der Waals surface area contributed by atoms with Gasteiger partial charge in [-0.15, -0.1) is 11.3 Å². The van der Waals surface area contributed by atoms with Gasteiger partial charge in [0, 0.05) is 14.8 Å². The second-order valence-electron chi connectivity index (χ2n) is 3.89. The fourth-order valence-corrected chi connectivity index (χ4v) is 3.96. The molecule has 1 aromatic rings. The van der Waals surface area contributed by atoms with Gasteiger partial charge < -0.3 is 5.11 Å². The van der Waals surface area contributed by atoms with Gasteiger partial charge in [0.2, 0.25) is 0 Å². The zero-order valence-electron chi connectivity index (χ0n) is 7.80. The highest BCUT2D eigenvalue weighted by Crippen LogP contribution is 2.55. The Kier molecular flexibility index (Phi) is 2.29. The molecule has 1 unspecified atom stereocenters. The molecule has 0 radical (unpaired) electrons. The Labute approximate surface area is 90.9 Å². The van der Waals surface area contributed by atoms with Gasteiger partial charge in [0.1, 0.15) is 0 Å². The summed E-state index contributed by atoms with van der Waals surface area (Å²) in [5.74, 6) is 0. The average Bonchev–Trinajstić information content (AvgIpc) is 2.80. The third-order valence-electron chi connectivity index (χ3n) is 2.94. The van der Waals surface area contributed by atoms with Gasteiger partial charge in [-0.05, 0) is 53.6 Å². The number of aryl methyl sites for hydroxylation is 1. The second-order valence-corrected chi connectivity index (χ2v) is 5.57. The lowest BCUT2D eigenvalue weighted by Gasteiger charge is -2.17. The molecule has 1 N–H and O–H groups in total. The first kappa shape index (κ1) is 9.69. The van der Waals surface area contributed by atoms with E-state index < -0.39 is 0 Å². The fraction of sp³-hybridized carbons (Fsp3) is 0.600. The second kappa shape index (κ2) is 3.07. The summed E-state index contributed by atoms with van der Waals surface area (Å²) in [6.07, 6.45) is 2.04. The Morgan fingerprint density at radius 3 is 2.54 bits per heavy atom. The van der Waals surface area contributed by atoms with Gasteiger partial charge in [0.15, 0.2) is 0 Å². The first-order valence-electron chi connectivity index (χ1n) is 4.50. The molecule has 0 aromatic carbocycles. The third-order valence-corrected chi connectivity index (χ3v) is 5.54. The van der Waals surface area contributed by atoms with Crippen molar-refractivity contribution in [2.45, 2.75) is 38.2 Å². The summed E-state index contributed by atoms with van der Waals surface area (Å²) in [4.78, 5) is 1.33. The zero-order valence-corrected chi connectivity index (χ0v) is 10.2. The smallest absolute Gasteiger partial charge is 0.0617 e. The van der Waals surface area contributed by atoms with Crippen LogP contribution in [0.3, 0.4) is 0 Å². The molecule has 1 aromatic heterocycles. The predicted octanol–water partition coefficient (Wildman–Crippen LogP) is 3.23. The van der Waals surface area contributed by atoms with Crippen molar-refractivity contribution in [3.8, 4) is 0 Å². The minimum atomic E-state index is -0.221. The van der Waals surface area contributed by atoms with Crippen molar-refractivity contribution >= 4 is 27.3 Å². The Morgan fingerprint density at radius 2 is 2.23 bits per heavy atom. The topological polar surface area (TPSA) is 20.2 Å². The van der Waals surface area contributed by atoms with Gasteiger partial charge in [-0.3, -0.25) is 0 Å². The summed E-state index contributed by atoms with van der Waals surface area (Å²) in [5.41, 5.74) is 1.37. The molecule has 72 valence electrons. The third kappa shape index (κ3) is 1.37. The average molecular weight is 261 g/mol. The molecule has 3 heteroatoms. The molecular formula is C10H13BrOS. The number of thiophene rings is 1. The first-order chi connectivity index (χ1) is 6.08.